The molecule has 2 rings (SSSR count). The van der Waals surface area contributed by atoms with Gasteiger partial charge in [-0.3, -0.25) is 0 Å². The molecule has 0 bridgehead atoms. The van der Waals surface area contributed by atoms with E-state index in [0.29, 0.717) is 0 Å². The number of hydrogen-bond donors (Lipinski definition) is 1. The molecule has 0 amide bonds. The highest BCUT2D eigenvalue weighted by Gasteiger charge is 2.05. The highest BCUT2D eigenvalue weighted by Crippen LogP contribution is 2.05. The fourth-order valence-corrected chi connectivity index (χ4v) is 1.53. The van der Waals surface area contributed by atoms with Gasteiger partial charge in [0, 0.05) is 18.7 Å². The fraction of sp³-hybridized carbons (Fsp3) is 0.500. The molecule has 0 aliphatic carbocycles. The molecule has 2 aromatic heterocycles. The van der Waals surface area contributed by atoms with E-state index in [1.807, 2.05) is 19.1 Å². The second-order valence-corrected chi connectivity index (χ2v) is 3.78. The number of aryl methyl sites for hydroxylation is 1. The molecule has 0 radical (unpaired) electrons. The first-order valence-corrected chi connectivity index (χ1v) is 5.18. The minimum atomic E-state index is 0.247. The summed E-state index contributed by atoms with van der Waals surface area (Å²) >= 11 is 0. The van der Waals surface area contributed by atoms with Crippen molar-refractivity contribution < 1.29 is 0 Å². The summed E-state index contributed by atoms with van der Waals surface area (Å²) in [5, 5.41) is 12.3. The normalized spacial score (nSPS) is 13.2. The first-order chi connectivity index (χ1) is 7.27. The standard InChI is InChI=1S/C10H15N5/c1-8(11)4-2-5-9-13-14-10-6-3-7-12-15(9)10/h3,6-8H,2,4-5,11H2,1H3. The second kappa shape index (κ2) is 4.35. The maximum Gasteiger partial charge on any atom is 0.177 e. The first-order valence-electron chi connectivity index (χ1n) is 5.18. The lowest BCUT2D eigenvalue weighted by Gasteiger charge is -2.02. The van der Waals surface area contributed by atoms with E-state index in [4.69, 9.17) is 5.73 Å². The Hall–Kier alpha value is -1.49. The molecule has 0 saturated carbocycles. The molecule has 0 fully saturated rings. The first kappa shape index (κ1) is 10.0. The highest BCUT2D eigenvalue weighted by molar-refractivity contribution is 5.34. The zero-order chi connectivity index (χ0) is 10.7. The summed E-state index contributed by atoms with van der Waals surface area (Å²) < 4.78 is 1.78. The van der Waals surface area contributed by atoms with Crippen LogP contribution in [0.2, 0.25) is 0 Å². The van der Waals surface area contributed by atoms with Crippen molar-refractivity contribution in [2.45, 2.75) is 32.2 Å². The van der Waals surface area contributed by atoms with Gasteiger partial charge in [-0.2, -0.15) is 9.61 Å². The molecule has 0 aliphatic heterocycles. The molecule has 1 unspecified atom stereocenters. The van der Waals surface area contributed by atoms with Crippen molar-refractivity contribution in [2.24, 2.45) is 5.73 Å². The van der Waals surface area contributed by atoms with Gasteiger partial charge < -0.3 is 5.73 Å². The Morgan fingerprint density at radius 2 is 2.33 bits per heavy atom. The maximum atomic E-state index is 5.69. The monoisotopic (exact) mass is 205 g/mol. The molecule has 1 atom stereocenters. The zero-order valence-electron chi connectivity index (χ0n) is 8.80. The Morgan fingerprint density at radius 1 is 1.47 bits per heavy atom. The maximum absolute atomic E-state index is 5.69. The number of aromatic nitrogens is 4. The van der Waals surface area contributed by atoms with Crippen LogP contribution in [-0.4, -0.2) is 25.9 Å². The van der Waals surface area contributed by atoms with E-state index in [1.165, 1.54) is 0 Å². The van der Waals surface area contributed by atoms with Gasteiger partial charge in [-0.25, -0.2) is 0 Å². The predicted molar refractivity (Wildman–Crippen MR) is 57.4 cm³/mol. The van der Waals surface area contributed by atoms with Gasteiger partial charge in [0.25, 0.3) is 0 Å². The molecule has 2 heterocycles. The molecule has 80 valence electrons. The highest BCUT2D eigenvalue weighted by atomic mass is 15.4. The Labute approximate surface area is 88.3 Å². The Balaban J connectivity index is 2.08. The van der Waals surface area contributed by atoms with Crippen LogP contribution in [0.15, 0.2) is 18.3 Å². The second-order valence-electron chi connectivity index (χ2n) is 3.78. The minimum Gasteiger partial charge on any atom is -0.328 e. The SMILES string of the molecule is CC(N)CCCc1nnc2cccnn12. The lowest BCUT2D eigenvalue weighted by Crippen LogP contribution is -2.14. The van der Waals surface area contributed by atoms with Gasteiger partial charge in [-0.05, 0) is 31.9 Å². The van der Waals surface area contributed by atoms with Crippen molar-refractivity contribution in [2.75, 3.05) is 0 Å². The van der Waals surface area contributed by atoms with E-state index in [-0.39, 0.29) is 6.04 Å². The summed E-state index contributed by atoms with van der Waals surface area (Å²) in [4.78, 5) is 0. The van der Waals surface area contributed by atoms with Gasteiger partial charge >= 0.3 is 0 Å². The summed E-state index contributed by atoms with van der Waals surface area (Å²) in [5.74, 6) is 0.909. The molecular formula is C10H15N5. The van der Waals surface area contributed by atoms with Gasteiger partial charge in [0.2, 0.25) is 0 Å². The number of nitrogens with two attached hydrogens (primary N) is 1. The average Bonchev–Trinajstić information content (AvgIpc) is 2.62. The van der Waals surface area contributed by atoms with E-state index in [0.717, 1.165) is 30.7 Å². The van der Waals surface area contributed by atoms with Crippen LogP contribution >= 0.6 is 0 Å². The average molecular weight is 205 g/mol. The van der Waals surface area contributed by atoms with Crippen LogP contribution in [-0.2, 0) is 6.42 Å². The van der Waals surface area contributed by atoms with Crippen molar-refractivity contribution in [3.8, 4) is 0 Å². The van der Waals surface area contributed by atoms with E-state index in [2.05, 4.69) is 15.3 Å². The Morgan fingerprint density at radius 3 is 3.13 bits per heavy atom. The van der Waals surface area contributed by atoms with Gasteiger partial charge in [-0.15, -0.1) is 10.2 Å². The van der Waals surface area contributed by atoms with Crippen molar-refractivity contribution in [3.63, 3.8) is 0 Å². The smallest absolute Gasteiger partial charge is 0.177 e. The minimum absolute atomic E-state index is 0.247. The van der Waals surface area contributed by atoms with Gasteiger partial charge in [-0.1, -0.05) is 0 Å². The third-order valence-corrected chi connectivity index (χ3v) is 2.30. The van der Waals surface area contributed by atoms with Crippen LogP contribution in [0.25, 0.3) is 5.65 Å². The van der Waals surface area contributed by atoms with E-state index >= 15 is 0 Å². The van der Waals surface area contributed by atoms with Crippen LogP contribution in [0.4, 0.5) is 0 Å². The Kier molecular flexibility index (Phi) is 2.91. The van der Waals surface area contributed by atoms with Gasteiger partial charge in [0.05, 0.1) is 0 Å². The predicted octanol–water partition coefficient (Wildman–Crippen LogP) is 0.794. The lowest BCUT2D eigenvalue weighted by molar-refractivity contribution is 0.607. The van der Waals surface area contributed by atoms with Gasteiger partial charge in [0.1, 0.15) is 0 Å². The van der Waals surface area contributed by atoms with Crippen LogP contribution in [0.3, 0.4) is 0 Å². The fourth-order valence-electron chi connectivity index (χ4n) is 1.53. The number of nitrogens with zero attached hydrogens (tertiary/aromatic N) is 4. The van der Waals surface area contributed by atoms with Crippen molar-refractivity contribution >= 4 is 5.65 Å². The van der Waals surface area contributed by atoms with Crippen LogP contribution in [0.5, 0.6) is 0 Å². The van der Waals surface area contributed by atoms with E-state index in [9.17, 15) is 0 Å². The topological polar surface area (TPSA) is 69.1 Å². The summed E-state index contributed by atoms with van der Waals surface area (Å²) in [6, 6.07) is 4.00. The molecule has 2 N–H and O–H groups in total. The molecule has 2 aromatic rings. The Bertz CT molecular complexity index is 434. The zero-order valence-corrected chi connectivity index (χ0v) is 8.80. The third-order valence-electron chi connectivity index (χ3n) is 2.30. The summed E-state index contributed by atoms with van der Waals surface area (Å²) in [7, 11) is 0. The molecule has 0 spiro atoms. The van der Waals surface area contributed by atoms with Gasteiger partial charge in [0.15, 0.2) is 11.5 Å². The van der Waals surface area contributed by atoms with E-state index < -0.39 is 0 Å². The number of fused-ring (bicyclic) bond motifs is 1. The largest absolute Gasteiger partial charge is 0.328 e. The van der Waals surface area contributed by atoms with Crippen molar-refractivity contribution in [3.05, 3.63) is 24.2 Å². The third kappa shape index (κ3) is 2.30. The lowest BCUT2D eigenvalue weighted by atomic mass is 10.1. The molecule has 5 heteroatoms. The van der Waals surface area contributed by atoms with Crippen LogP contribution < -0.4 is 5.73 Å². The summed E-state index contributed by atoms with van der Waals surface area (Å²) in [5.41, 5.74) is 6.49. The molecule has 0 saturated heterocycles. The molecule has 15 heavy (non-hydrogen) atoms. The van der Waals surface area contributed by atoms with Crippen molar-refractivity contribution in [1.29, 1.82) is 0 Å². The van der Waals surface area contributed by atoms with E-state index in [1.54, 1.807) is 10.7 Å². The van der Waals surface area contributed by atoms with Crippen LogP contribution in [0.1, 0.15) is 25.6 Å². The summed E-state index contributed by atoms with van der Waals surface area (Å²) in [6.45, 7) is 2.01. The molecule has 0 aliphatic rings. The molecule has 5 nitrogen and oxygen atoms in total. The molecular weight excluding hydrogens is 190 g/mol. The van der Waals surface area contributed by atoms with Crippen molar-refractivity contribution in [1.82, 2.24) is 19.8 Å². The van der Waals surface area contributed by atoms with Crippen LogP contribution in [0, 0.1) is 0 Å². The summed E-state index contributed by atoms with van der Waals surface area (Å²) in [6.07, 6.45) is 4.64. The number of rotatable bonds is 4. The molecule has 0 aromatic carbocycles. The number of hydrogen-bond acceptors (Lipinski definition) is 4. The quantitative estimate of drug-likeness (QED) is 0.801.